The Hall–Kier alpha value is -3.64. The summed E-state index contributed by atoms with van der Waals surface area (Å²) in [5, 5.41) is 5.97. The average molecular weight is 432 g/mol. The number of hydrogen-bond acceptors (Lipinski definition) is 4. The second-order valence-corrected chi connectivity index (χ2v) is 7.74. The third-order valence-corrected chi connectivity index (χ3v) is 4.77. The van der Waals surface area contributed by atoms with E-state index in [0.717, 1.165) is 17.0 Å². The number of carbonyl (C=O) groups is 2. The van der Waals surface area contributed by atoms with E-state index in [1.165, 1.54) is 0 Å². The van der Waals surface area contributed by atoms with Gasteiger partial charge in [-0.1, -0.05) is 30.3 Å². The van der Waals surface area contributed by atoms with Crippen molar-refractivity contribution in [1.29, 1.82) is 0 Å². The van der Waals surface area contributed by atoms with Crippen LogP contribution < -0.4 is 20.3 Å². The highest BCUT2D eigenvalue weighted by molar-refractivity contribution is 6.06. The van der Waals surface area contributed by atoms with Gasteiger partial charge in [0.2, 0.25) is 5.91 Å². The minimum absolute atomic E-state index is 0.111. The summed E-state index contributed by atoms with van der Waals surface area (Å²) in [6, 6.07) is 24.2. The van der Waals surface area contributed by atoms with Crippen LogP contribution >= 0.6 is 0 Å². The lowest BCUT2D eigenvalue weighted by Crippen LogP contribution is -2.28. The summed E-state index contributed by atoms with van der Waals surface area (Å²) in [5.74, 6) is 0.573. The molecule has 0 atom stereocenters. The van der Waals surface area contributed by atoms with Gasteiger partial charge in [0.05, 0.1) is 12.6 Å². The van der Waals surface area contributed by atoms with Gasteiger partial charge in [0, 0.05) is 30.5 Å². The van der Waals surface area contributed by atoms with Crippen LogP contribution in [0.2, 0.25) is 0 Å². The molecule has 0 saturated carbocycles. The Morgan fingerprint density at radius 3 is 2.19 bits per heavy atom. The number of anilines is 2. The van der Waals surface area contributed by atoms with Crippen molar-refractivity contribution in [2.24, 2.45) is 0 Å². The largest absolute Gasteiger partial charge is 0.491 e. The molecule has 6 nitrogen and oxygen atoms in total. The van der Waals surface area contributed by atoms with Gasteiger partial charge < -0.3 is 20.3 Å². The number of nitrogens with one attached hydrogen (secondary N) is 2. The van der Waals surface area contributed by atoms with E-state index in [-0.39, 0.29) is 24.5 Å². The van der Waals surface area contributed by atoms with Gasteiger partial charge in [0.25, 0.3) is 5.91 Å². The number of nitrogens with zero attached hydrogens (tertiary/aromatic N) is 1. The van der Waals surface area contributed by atoms with Crippen molar-refractivity contribution in [3.63, 3.8) is 0 Å². The minimum atomic E-state index is -0.148. The molecular weight excluding hydrogens is 402 g/mol. The van der Waals surface area contributed by atoms with Gasteiger partial charge in [-0.15, -0.1) is 0 Å². The van der Waals surface area contributed by atoms with E-state index in [1.807, 2.05) is 68.4 Å². The Labute approximate surface area is 189 Å². The van der Waals surface area contributed by atoms with Gasteiger partial charge in [-0.2, -0.15) is 0 Å². The fourth-order valence-electron chi connectivity index (χ4n) is 3.14. The van der Waals surface area contributed by atoms with E-state index >= 15 is 0 Å². The fraction of sp³-hybridized carbons (Fsp3) is 0.231. The van der Waals surface area contributed by atoms with Crippen LogP contribution in [-0.2, 0) is 11.3 Å². The molecule has 32 heavy (non-hydrogen) atoms. The Morgan fingerprint density at radius 2 is 1.56 bits per heavy atom. The minimum Gasteiger partial charge on any atom is -0.491 e. The van der Waals surface area contributed by atoms with Crippen LogP contribution in [0, 0.1) is 0 Å². The lowest BCUT2D eigenvalue weighted by molar-refractivity contribution is -0.115. The van der Waals surface area contributed by atoms with Crippen molar-refractivity contribution < 1.29 is 14.3 Å². The predicted molar refractivity (Wildman–Crippen MR) is 128 cm³/mol. The van der Waals surface area contributed by atoms with Crippen molar-refractivity contribution in [2.75, 3.05) is 23.8 Å². The van der Waals surface area contributed by atoms with Gasteiger partial charge in [-0.05, 0) is 67.9 Å². The number of rotatable bonds is 9. The van der Waals surface area contributed by atoms with Gasteiger partial charge in [0.15, 0.2) is 0 Å². The summed E-state index contributed by atoms with van der Waals surface area (Å²) >= 11 is 0. The molecule has 0 aromatic heterocycles. The van der Waals surface area contributed by atoms with Crippen molar-refractivity contribution in [3.8, 4) is 5.75 Å². The second kappa shape index (κ2) is 11.1. The van der Waals surface area contributed by atoms with E-state index in [1.54, 1.807) is 36.2 Å². The molecular formula is C26H29N3O3. The van der Waals surface area contributed by atoms with E-state index in [0.29, 0.717) is 17.8 Å². The zero-order chi connectivity index (χ0) is 22.9. The molecule has 166 valence electrons. The van der Waals surface area contributed by atoms with Gasteiger partial charge in [-0.25, -0.2) is 0 Å². The molecule has 0 fully saturated rings. The monoisotopic (exact) mass is 431 g/mol. The number of amides is 2. The Kier molecular flexibility index (Phi) is 8.00. The first-order valence-corrected chi connectivity index (χ1v) is 10.6. The summed E-state index contributed by atoms with van der Waals surface area (Å²) < 4.78 is 5.63. The lowest BCUT2D eigenvalue weighted by Gasteiger charge is -2.17. The van der Waals surface area contributed by atoms with Crippen molar-refractivity contribution in [2.45, 2.75) is 26.5 Å². The Balaban J connectivity index is 1.46. The van der Waals surface area contributed by atoms with Crippen LogP contribution in [0.4, 0.5) is 11.4 Å². The standard InChI is InChI=1S/C26H29N3O3/c1-19(2)32-24-15-9-20(10-16-24)17-27-18-25(30)28-22-13-11-21(12-14-22)26(31)29(3)23-7-5-4-6-8-23/h4-16,19,27H,17-18H2,1-3H3,(H,28,30). The maximum absolute atomic E-state index is 12.6. The van der Waals surface area contributed by atoms with Crippen LogP contribution in [-0.4, -0.2) is 31.5 Å². The molecule has 0 spiro atoms. The quantitative estimate of drug-likeness (QED) is 0.524. The molecule has 0 heterocycles. The molecule has 0 aliphatic carbocycles. The Bertz CT molecular complexity index is 1020. The number of benzene rings is 3. The zero-order valence-electron chi connectivity index (χ0n) is 18.7. The summed E-state index contributed by atoms with van der Waals surface area (Å²) in [6.45, 7) is 4.74. The van der Waals surface area contributed by atoms with Crippen LogP contribution in [0.25, 0.3) is 0 Å². The molecule has 2 amide bonds. The van der Waals surface area contributed by atoms with Crippen molar-refractivity contribution in [3.05, 3.63) is 90.0 Å². The maximum Gasteiger partial charge on any atom is 0.258 e. The van der Waals surface area contributed by atoms with Crippen LogP contribution in [0.1, 0.15) is 29.8 Å². The molecule has 0 saturated heterocycles. The number of ether oxygens (including phenoxy) is 1. The third-order valence-electron chi connectivity index (χ3n) is 4.77. The van der Waals surface area contributed by atoms with E-state index in [2.05, 4.69) is 10.6 Å². The predicted octanol–water partition coefficient (Wildman–Crippen LogP) is 4.48. The molecule has 0 unspecified atom stereocenters. The number of hydrogen-bond donors (Lipinski definition) is 2. The first kappa shape index (κ1) is 23.0. The zero-order valence-corrected chi connectivity index (χ0v) is 18.7. The highest BCUT2D eigenvalue weighted by Crippen LogP contribution is 2.17. The number of para-hydroxylation sites is 1. The molecule has 0 aliphatic rings. The van der Waals surface area contributed by atoms with Gasteiger partial charge in [-0.3, -0.25) is 9.59 Å². The number of carbonyl (C=O) groups excluding carboxylic acids is 2. The molecule has 3 aromatic carbocycles. The summed E-state index contributed by atoms with van der Waals surface area (Å²) in [6.07, 6.45) is 0.139. The van der Waals surface area contributed by atoms with E-state index in [9.17, 15) is 9.59 Å². The molecule has 0 aliphatic heterocycles. The van der Waals surface area contributed by atoms with Gasteiger partial charge in [0.1, 0.15) is 5.75 Å². The maximum atomic E-state index is 12.6. The first-order chi connectivity index (χ1) is 15.4. The Morgan fingerprint density at radius 1 is 0.906 bits per heavy atom. The molecule has 0 radical (unpaired) electrons. The molecule has 6 heteroatoms. The first-order valence-electron chi connectivity index (χ1n) is 10.6. The lowest BCUT2D eigenvalue weighted by atomic mass is 10.1. The van der Waals surface area contributed by atoms with Crippen molar-refractivity contribution >= 4 is 23.2 Å². The van der Waals surface area contributed by atoms with Crippen LogP contribution in [0.15, 0.2) is 78.9 Å². The van der Waals surface area contributed by atoms with E-state index < -0.39 is 0 Å². The summed E-state index contributed by atoms with van der Waals surface area (Å²) in [5.41, 5.74) is 3.09. The van der Waals surface area contributed by atoms with Crippen molar-refractivity contribution in [1.82, 2.24) is 5.32 Å². The summed E-state index contributed by atoms with van der Waals surface area (Å²) in [7, 11) is 1.74. The average Bonchev–Trinajstić information content (AvgIpc) is 2.80. The third kappa shape index (κ3) is 6.68. The molecule has 3 aromatic rings. The highest BCUT2D eigenvalue weighted by atomic mass is 16.5. The topological polar surface area (TPSA) is 70.7 Å². The van der Waals surface area contributed by atoms with Gasteiger partial charge >= 0.3 is 0 Å². The molecule has 0 bridgehead atoms. The fourth-order valence-corrected chi connectivity index (χ4v) is 3.14. The molecule has 2 N–H and O–H groups in total. The van der Waals surface area contributed by atoms with E-state index in [4.69, 9.17) is 4.74 Å². The second-order valence-electron chi connectivity index (χ2n) is 7.74. The van der Waals surface area contributed by atoms with Crippen LogP contribution in [0.3, 0.4) is 0 Å². The summed E-state index contributed by atoms with van der Waals surface area (Å²) in [4.78, 5) is 26.5. The SMILES string of the molecule is CC(C)Oc1ccc(CNCC(=O)Nc2ccc(C(=O)N(C)c3ccccc3)cc2)cc1. The normalized spacial score (nSPS) is 10.6. The smallest absolute Gasteiger partial charge is 0.258 e. The highest BCUT2D eigenvalue weighted by Gasteiger charge is 2.13. The molecule has 3 rings (SSSR count). The van der Waals surface area contributed by atoms with Crippen LogP contribution in [0.5, 0.6) is 5.75 Å².